The van der Waals surface area contributed by atoms with Gasteiger partial charge < -0.3 is 16.4 Å². The van der Waals surface area contributed by atoms with Crippen LogP contribution in [0.2, 0.25) is 0 Å². The molecule has 0 aliphatic heterocycles. The van der Waals surface area contributed by atoms with Gasteiger partial charge in [0.05, 0.1) is 0 Å². The molecule has 0 heterocycles. The van der Waals surface area contributed by atoms with Gasteiger partial charge in [-0.15, -0.1) is 0 Å². The third-order valence-corrected chi connectivity index (χ3v) is 14.1. The Labute approximate surface area is 314 Å². The Kier molecular flexibility index (Phi) is 10.9. The molecule has 15 heteroatoms. The maximum absolute atomic E-state index is 15.9. The van der Waals surface area contributed by atoms with Crippen LogP contribution in [0.1, 0.15) is 22.3 Å². The van der Waals surface area contributed by atoms with Gasteiger partial charge in [0.1, 0.15) is 45.0 Å². The van der Waals surface area contributed by atoms with Crippen molar-refractivity contribution >= 4 is 57.2 Å². The summed E-state index contributed by atoms with van der Waals surface area (Å²) < 4.78 is 152. The van der Waals surface area contributed by atoms with Crippen molar-refractivity contribution in [2.45, 2.75) is 20.8 Å². The zero-order valence-corrected chi connectivity index (χ0v) is 30.6. The Morgan fingerprint density at radius 3 is 1.07 bits per heavy atom. The lowest BCUT2D eigenvalue weighted by Gasteiger charge is -2.37. The van der Waals surface area contributed by atoms with Gasteiger partial charge in [-0.05, 0) is 55.7 Å². The van der Waals surface area contributed by atoms with Gasteiger partial charge in [-0.1, -0.05) is 95.9 Å². The molecule has 282 valence electrons. The fourth-order valence-electron chi connectivity index (χ4n) is 6.68. The van der Waals surface area contributed by atoms with E-state index >= 15 is 17.6 Å². The minimum absolute atomic E-state index is 0.0118. The third kappa shape index (κ3) is 6.57. The molecule has 0 atom stereocenters. The van der Waals surface area contributed by atoms with E-state index in [1.807, 2.05) is 0 Å². The molecule has 6 aromatic carbocycles. The second-order valence-electron chi connectivity index (χ2n) is 12.7. The van der Waals surface area contributed by atoms with Crippen LogP contribution < -0.4 is 31.9 Å². The van der Waals surface area contributed by atoms with Gasteiger partial charge in [-0.25, -0.2) is 49.0 Å². The molecule has 0 amide bonds. The molecule has 2 nitrogen and oxygen atoms in total. The third-order valence-electron chi connectivity index (χ3n) is 9.31. The lowest BCUT2D eigenvalue weighted by Crippen LogP contribution is -2.60. The molecule has 0 aromatic heterocycles. The van der Waals surface area contributed by atoms with E-state index in [0.717, 1.165) is 0 Å². The SMILES string of the molecule is Cc1ccccc1[P+](N/C(=N/[B-](Cl)(c1c(F)c(F)c(F)c(F)c1F)c1c(F)c(F)c(F)c(F)c1F)c1ccccc1)(c1ccccc1C)c1ccccc1C. The Hall–Kier alpha value is -5.13. The number of hydrogen-bond acceptors (Lipinski definition) is 1. The molecule has 0 aliphatic rings. The smallest absolute Gasteiger partial charge is 0.254 e. The van der Waals surface area contributed by atoms with Gasteiger partial charge in [0.25, 0.3) is 5.70 Å². The van der Waals surface area contributed by atoms with Gasteiger partial charge in [-0.3, -0.25) is 0 Å². The number of hydrogen-bond donors (Lipinski definition) is 1. The number of amidine groups is 1. The first-order valence-electron chi connectivity index (χ1n) is 16.5. The molecule has 0 bridgehead atoms. The Morgan fingerprint density at radius 2 is 0.745 bits per heavy atom. The van der Waals surface area contributed by atoms with Crippen molar-refractivity contribution in [3.05, 3.63) is 184 Å². The van der Waals surface area contributed by atoms with Gasteiger partial charge in [0, 0.05) is 5.56 Å². The average Bonchev–Trinajstić information content (AvgIpc) is 3.18. The summed E-state index contributed by atoms with van der Waals surface area (Å²) in [4.78, 5) is 4.23. The zero-order valence-electron chi connectivity index (χ0n) is 28.9. The molecule has 0 spiro atoms. The monoisotopic (exact) mass is 802 g/mol. The quantitative estimate of drug-likeness (QED) is 0.0311. The van der Waals surface area contributed by atoms with Crippen LogP contribution in [0.3, 0.4) is 0 Å². The Bertz CT molecular complexity index is 2260. The van der Waals surface area contributed by atoms with Gasteiger partial charge in [0.15, 0.2) is 34.9 Å². The maximum atomic E-state index is 15.9. The van der Waals surface area contributed by atoms with E-state index in [1.54, 1.807) is 99.6 Å². The first-order valence-corrected chi connectivity index (χ1v) is 18.7. The first-order chi connectivity index (χ1) is 26.1. The number of benzene rings is 6. The molecule has 6 aromatic rings. The second kappa shape index (κ2) is 15.2. The number of nitrogens with one attached hydrogen (secondary N) is 1. The van der Waals surface area contributed by atoms with E-state index in [1.165, 1.54) is 24.3 Å². The lowest BCUT2D eigenvalue weighted by molar-refractivity contribution is 0.382. The molecule has 0 fully saturated rings. The predicted octanol–water partition coefficient (Wildman–Crippen LogP) is 8.74. The summed E-state index contributed by atoms with van der Waals surface area (Å²) in [6.07, 6.45) is 0. The summed E-state index contributed by atoms with van der Waals surface area (Å²) in [6, 6.07) is 28.6. The summed E-state index contributed by atoms with van der Waals surface area (Å²) in [5.74, 6) is -27.1. The van der Waals surface area contributed by atoms with Crippen molar-refractivity contribution in [1.29, 1.82) is 0 Å². The summed E-state index contributed by atoms with van der Waals surface area (Å²) >= 11 is 6.78. The maximum Gasteiger partial charge on any atom is 0.254 e. The van der Waals surface area contributed by atoms with Crippen molar-refractivity contribution in [1.82, 2.24) is 5.09 Å². The minimum atomic E-state index is -5.08. The fourth-order valence-corrected chi connectivity index (χ4v) is 11.5. The zero-order chi connectivity index (χ0) is 40.0. The highest BCUT2D eigenvalue weighted by molar-refractivity contribution is 7.94. The molecule has 1 N–H and O–H groups in total. The van der Waals surface area contributed by atoms with Crippen molar-refractivity contribution in [3.63, 3.8) is 0 Å². The van der Waals surface area contributed by atoms with Crippen LogP contribution >= 0.6 is 18.9 Å². The molecular weight excluding hydrogens is 776 g/mol. The summed E-state index contributed by atoms with van der Waals surface area (Å²) in [5, 5.41) is 5.31. The summed E-state index contributed by atoms with van der Waals surface area (Å²) in [6.45, 7) is 5.42. The normalized spacial score (nSPS) is 12.3. The molecular formula is C40H27BClF10N2P. The van der Waals surface area contributed by atoms with Crippen LogP contribution in [0.15, 0.2) is 108 Å². The summed E-state index contributed by atoms with van der Waals surface area (Å²) in [5.41, 5.74) is -7.23. The Morgan fingerprint density at radius 1 is 0.455 bits per heavy atom. The van der Waals surface area contributed by atoms with Crippen LogP contribution in [-0.4, -0.2) is 11.5 Å². The van der Waals surface area contributed by atoms with E-state index < -0.39 is 88.0 Å². The topological polar surface area (TPSA) is 24.4 Å². The molecule has 0 aliphatic carbocycles. The molecule has 55 heavy (non-hydrogen) atoms. The van der Waals surface area contributed by atoms with E-state index in [9.17, 15) is 26.3 Å². The van der Waals surface area contributed by atoms with E-state index in [0.29, 0.717) is 32.6 Å². The highest BCUT2D eigenvalue weighted by Gasteiger charge is 2.51. The van der Waals surface area contributed by atoms with E-state index in [2.05, 4.69) is 9.99 Å². The van der Waals surface area contributed by atoms with Gasteiger partial charge >= 0.3 is 0 Å². The number of aryl methyl sites for hydroxylation is 3. The molecule has 0 saturated carbocycles. The van der Waals surface area contributed by atoms with Crippen molar-refractivity contribution in [2.24, 2.45) is 4.90 Å². The fraction of sp³-hybridized carbons (Fsp3) is 0.0750. The van der Waals surface area contributed by atoms with Crippen LogP contribution in [0, 0.1) is 78.9 Å². The second-order valence-corrected chi connectivity index (χ2v) is 16.3. The number of rotatable bonds is 8. The molecule has 6 rings (SSSR count). The molecule has 0 radical (unpaired) electrons. The van der Waals surface area contributed by atoms with E-state index in [4.69, 9.17) is 11.5 Å². The highest BCUT2D eigenvalue weighted by Crippen LogP contribution is 2.54. The van der Waals surface area contributed by atoms with Gasteiger partial charge in [0.2, 0.25) is 7.41 Å². The first kappa shape index (κ1) is 39.6. The van der Waals surface area contributed by atoms with Crippen LogP contribution in [0.5, 0.6) is 0 Å². The van der Waals surface area contributed by atoms with Crippen molar-refractivity contribution in [2.75, 3.05) is 0 Å². The molecule has 0 saturated heterocycles. The van der Waals surface area contributed by atoms with Crippen molar-refractivity contribution < 1.29 is 43.9 Å². The average molecular weight is 803 g/mol. The van der Waals surface area contributed by atoms with Crippen LogP contribution in [-0.2, 0) is 0 Å². The van der Waals surface area contributed by atoms with Crippen LogP contribution in [0.25, 0.3) is 0 Å². The minimum Gasteiger partial charge on any atom is -0.454 e. The van der Waals surface area contributed by atoms with Gasteiger partial charge in [-0.2, -0.15) is 0 Å². The Balaban J connectivity index is 1.86. The predicted molar refractivity (Wildman–Crippen MR) is 199 cm³/mol. The van der Waals surface area contributed by atoms with Crippen molar-refractivity contribution in [3.8, 4) is 0 Å². The highest BCUT2D eigenvalue weighted by atomic mass is 35.5. The summed E-state index contributed by atoms with van der Waals surface area (Å²) in [7, 11) is -3.48. The van der Waals surface area contributed by atoms with E-state index in [-0.39, 0.29) is 5.56 Å². The molecule has 0 unspecified atom stereocenters. The number of nitrogens with zero attached hydrogens (tertiary/aromatic N) is 1. The lowest BCUT2D eigenvalue weighted by atomic mass is 9.48. The number of halogens is 11. The van der Waals surface area contributed by atoms with Crippen LogP contribution in [0.4, 0.5) is 43.9 Å². The largest absolute Gasteiger partial charge is 0.454 e. The standard InChI is InChI=1S/C40H27BClF10N2P/c1-21-13-7-10-18-25(21)55(26-19-11-8-14-22(26)2,27-20-12-9-15-23(27)3)54-40(24-16-5-4-6-17-24)53-41(42,28-30(43)34(47)38(51)35(48)31(28)44)29-32(45)36(49)39(52)37(50)33(29)46/h4-20H,1-3H3,(H,53,54).